The number of aryl methyl sites for hydroxylation is 1. The summed E-state index contributed by atoms with van der Waals surface area (Å²) < 4.78 is 5.03. The number of hydrogen-bond donors (Lipinski definition) is 1. The minimum absolute atomic E-state index is 0.0539. The molecule has 3 aromatic rings. The third kappa shape index (κ3) is 4.98. The summed E-state index contributed by atoms with van der Waals surface area (Å²) in [5.74, 6) is -0.835. The molecule has 25 heavy (non-hydrogen) atoms. The Labute approximate surface area is 153 Å². The number of benzene rings is 1. The van der Waals surface area contributed by atoms with Crippen LogP contribution in [-0.4, -0.2) is 23.5 Å². The number of anilines is 1. The van der Waals surface area contributed by atoms with Crippen molar-refractivity contribution in [3.05, 3.63) is 57.7 Å². The number of ether oxygens (including phenoxy) is 1. The SMILES string of the molecule is Cc1cccc(NC(=O)COC(=O)Cc2csc(-c3ccsc3)n2)c1. The van der Waals surface area contributed by atoms with Crippen LogP contribution in [0.15, 0.2) is 46.5 Å². The molecule has 0 bridgehead atoms. The molecule has 0 spiro atoms. The highest BCUT2D eigenvalue weighted by atomic mass is 32.1. The maximum atomic E-state index is 11.9. The van der Waals surface area contributed by atoms with E-state index in [-0.39, 0.29) is 18.9 Å². The fraction of sp³-hybridized carbons (Fsp3) is 0.167. The molecule has 2 heterocycles. The number of hydrogen-bond acceptors (Lipinski definition) is 6. The molecule has 0 atom stereocenters. The Morgan fingerprint density at radius 3 is 2.88 bits per heavy atom. The van der Waals surface area contributed by atoms with Crippen molar-refractivity contribution in [1.29, 1.82) is 0 Å². The summed E-state index contributed by atoms with van der Waals surface area (Å²) in [5.41, 5.74) is 3.42. The van der Waals surface area contributed by atoms with Gasteiger partial charge in [0.2, 0.25) is 0 Å². The highest BCUT2D eigenvalue weighted by molar-refractivity contribution is 7.14. The molecule has 0 radical (unpaired) electrons. The van der Waals surface area contributed by atoms with E-state index in [2.05, 4.69) is 10.3 Å². The second-order valence-corrected chi connectivity index (χ2v) is 7.05. The van der Waals surface area contributed by atoms with Crippen LogP contribution in [0, 0.1) is 6.92 Å². The number of nitrogens with zero attached hydrogens (tertiary/aromatic N) is 1. The molecule has 2 aromatic heterocycles. The molecular weight excluding hydrogens is 356 g/mol. The van der Waals surface area contributed by atoms with Crippen LogP contribution in [-0.2, 0) is 20.7 Å². The molecule has 0 fully saturated rings. The average molecular weight is 372 g/mol. The third-order valence-corrected chi connectivity index (χ3v) is 4.93. The number of amides is 1. The van der Waals surface area contributed by atoms with E-state index in [0.29, 0.717) is 11.4 Å². The van der Waals surface area contributed by atoms with Gasteiger partial charge in [-0.2, -0.15) is 11.3 Å². The Bertz CT molecular complexity index is 872. The maximum Gasteiger partial charge on any atom is 0.312 e. The number of aromatic nitrogens is 1. The van der Waals surface area contributed by atoms with Gasteiger partial charge in [0.25, 0.3) is 5.91 Å². The first-order valence-corrected chi connectivity index (χ1v) is 9.41. The van der Waals surface area contributed by atoms with Gasteiger partial charge in [0, 0.05) is 22.0 Å². The van der Waals surface area contributed by atoms with Gasteiger partial charge in [-0.15, -0.1) is 11.3 Å². The zero-order valence-corrected chi connectivity index (χ0v) is 15.2. The van der Waals surface area contributed by atoms with Gasteiger partial charge in [-0.3, -0.25) is 9.59 Å². The molecule has 5 nitrogen and oxygen atoms in total. The van der Waals surface area contributed by atoms with Crippen molar-refractivity contribution in [1.82, 2.24) is 4.98 Å². The summed E-state index contributed by atoms with van der Waals surface area (Å²) in [4.78, 5) is 28.1. The van der Waals surface area contributed by atoms with E-state index >= 15 is 0 Å². The summed E-state index contributed by atoms with van der Waals surface area (Å²) in [7, 11) is 0. The minimum atomic E-state index is -0.471. The first-order chi connectivity index (χ1) is 12.1. The van der Waals surface area contributed by atoms with Crippen LogP contribution in [0.5, 0.6) is 0 Å². The summed E-state index contributed by atoms with van der Waals surface area (Å²) in [6.07, 6.45) is 0.0539. The molecule has 3 rings (SSSR count). The molecule has 0 unspecified atom stereocenters. The molecule has 1 amide bonds. The van der Waals surface area contributed by atoms with Crippen molar-refractivity contribution in [2.75, 3.05) is 11.9 Å². The second-order valence-electron chi connectivity index (χ2n) is 5.41. The molecule has 1 N–H and O–H groups in total. The summed E-state index contributed by atoms with van der Waals surface area (Å²) >= 11 is 3.09. The van der Waals surface area contributed by atoms with Crippen LogP contribution in [0.1, 0.15) is 11.3 Å². The van der Waals surface area contributed by atoms with Gasteiger partial charge in [0.15, 0.2) is 6.61 Å². The number of carbonyl (C=O) groups is 2. The predicted octanol–water partition coefficient (Wildman–Crippen LogP) is 3.90. The Morgan fingerprint density at radius 1 is 1.24 bits per heavy atom. The predicted molar refractivity (Wildman–Crippen MR) is 99.9 cm³/mol. The van der Waals surface area contributed by atoms with E-state index < -0.39 is 5.97 Å². The van der Waals surface area contributed by atoms with E-state index in [9.17, 15) is 9.59 Å². The van der Waals surface area contributed by atoms with Crippen LogP contribution < -0.4 is 5.32 Å². The standard InChI is InChI=1S/C18H16N2O3S2/c1-12-3-2-4-14(7-12)19-16(21)9-23-17(22)8-15-11-25-18(20-15)13-5-6-24-10-13/h2-7,10-11H,8-9H2,1H3,(H,19,21). The number of nitrogens with one attached hydrogen (secondary N) is 1. The normalized spacial score (nSPS) is 10.4. The van der Waals surface area contributed by atoms with Crippen molar-refractivity contribution in [3.63, 3.8) is 0 Å². The number of thiophene rings is 1. The van der Waals surface area contributed by atoms with Crippen LogP contribution in [0.3, 0.4) is 0 Å². The van der Waals surface area contributed by atoms with Crippen LogP contribution in [0.4, 0.5) is 5.69 Å². The minimum Gasteiger partial charge on any atom is -0.455 e. The summed E-state index contributed by atoms with van der Waals surface area (Å²) in [5, 5.41) is 9.40. The number of carbonyl (C=O) groups excluding carboxylic acids is 2. The maximum absolute atomic E-state index is 11.9. The van der Waals surface area contributed by atoms with E-state index in [4.69, 9.17) is 4.74 Å². The molecule has 0 aliphatic rings. The van der Waals surface area contributed by atoms with Gasteiger partial charge < -0.3 is 10.1 Å². The van der Waals surface area contributed by atoms with E-state index in [1.54, 1.807) is 17.4 Å². The fourth-order valence-electron chi connectivity index (χ4n) is 2.17. The lowest BCUT2D eigenvalue weighted by molar-refractivity contribution is -0.146. The lowest BCUT2D eigenvalue weighted by atomic mass is 10.2. The van der Waals surface area contributed by atoms with Gasteiger partial charge in [0.1, 0.15) is 5.01 Å². The largest absolute Gasteiger partial charge is 0.455 e. The number of thiazole rings is 1. The Morgan fingerprint density at radius 2 is 2.12 bits per heavy atom. The first kappa shape index (κ1) is 17.3. The molecule has 128 valence electrons. The molecule has 0 saturated heterocycles. The number of esters is 1. The Hall–Kier alpha value is -2.51. The molecule has 1 aromatic carbocycles. The van der Waals surface area contributed by atoms with Crippen LogP contribution >= 0.6 is 22.7 Å². The monoisotopic (exact) mass is 372 g/mol. The highest BCUT2D eigenvalue weighted by Gasteiger charge is 2.12. The Kier molecular flexibility index (Phi) is 5.57. The smallest absolute Gasteiger partial charge is 0.312 e. The van der Waals surface area contributed by atoms with Crippen molar-refractivity contribution < 1.29 is 14.3 Å². The van der Waals surface area contributed by atoms with Gasteiger partial charge in [-0.25, -0.2) is 4.98 Å². The third-order valence-electron chi connectivity index (χ3n) is 3.31. The molecule has 0 aliphatic carbocycles. The van der Waals surface area contributed by atoms with Gasteiger partial charge in [-0.05, 0) is 36.1 Å². The van der Waals surface area contributed by atoms with E-state index in [1.807, 2.05) is 47.3 Å². The average Bonchev–Trinajstić information content (AvgIpc) is 3.24. The van der Waals surface area contributed by atoms with Crippen molar-refractivity contribution in [2.24, 2.45) is 0 Å². The van der Waals surface area contributed by atoms with Crippen LogP contribution in [0.25, 0.3) is 10.6 Å². The lowest BCUT2D eigenvalue weighted by Gasteiger charge is -2.06. The zero-order valence-electron chi connectivity index (χ0n) is 13.5. The van der Waals surface area contributed by atoms with E-state index in [0.717, 1.165) is 16.1 Å². The highest BCUT2D eigenvalue weighted by Crippen LogP contribution is 2.25. The van der Waals surface area contributed by atoms with E-state index in [1.165, 1.54) is 11.3 Å². The lowest BCUT2D eigenvalue weighted by Crippen LogP contribution is -2.21. The Balaban J connectivity index is 1.47. The fourth-order valence-corrected chi connectivity index (χ4v) is 3.70. The zero-order chi connectivity index (χ0) is 17.6. The quantitative estimate of drug-likeness (QED) is 0.666. The van der Waals surface area contributed by atoms with Gasteiger partial charge in [0.05, 0.1) is 12.1 Å². The van der Waals surface area contributed by atoms with Crippen molar-refractivity contribution in [2.45, 2.75) is 13.3 Å². The first-order valence-electron chi connectivity index (χ1n) is 7.59. The van der Waals surface area contributed by atoms with Crippen molar-refractivity contribution >= 4 is 40.2 Å². The molecule has 0 saturated carbocycles. The van der Waals surface area contributed by atoms with Crippen LogP contribution in [0.2, 0.25) is 0 Å². The second kappa shape index (κ2) is 8.04. The summed E-state index contributed by atoms with van der Waals surface area (Å²) in [6.45, 7) is 1.63. The molecule has 7 heteroatoms. The summed E-state index contributed by atoms with van der Waals surface area (Å²) in [6, 6.07) is 9.41. The topological polar surface area (TPSA) is 68.3 Å². The molecular formula is C18H16N2O3S2. The van der Waals surface area contributed by atoms with Gasteiger partial charge in [-0.1, -0.05) is 12.1 Å². The van der Waals surface area contributed by atoms with Crippen molar-refractivity contribution in [3.8, 4) is 10.6 Å². The molecule has 0 aliphatic heterocycles. The number of rotatable bonds is 6. The van der Waals surface area contributed by atoms with Gasteiger partial charge >= 0.3 is 5.97 Å².